The molecule has 2 nitrogen and oxygen atoms in total. The number of aryl methyl sites for hydroxylation is 3. The third kappa shape index (κ3) is 1.66. The lowest BCUT2D eigenvalue weighted by atomic mass is 9.94. The topological polar surface area (TPSA) is 13.1 Å². The van der Waals surface area contributed by atoms with E-state index >= 15 is 0 Å². The predicted molar refractivity (Wildman–Crippen MR) is 95.5 cm³/mol. The van der Waals surface area contributed by atoms with Gasteiger partial charge in [0, 0.05) is 10.8 Å². The summed E-state index contributed by atoms with van der Waals surface area (Å²) < 4.78 is 9.90. The van der Waals surface area contributed by atoms with Gasteiger partial charge in [0.05, 0.1) is 10.9 Å². The molecule has 0 bridgehead atoms. The third-order valence-electron chi connectivity index (χ3n) is 4.75. The molecule has 0 atom stereocenters. The monoisotopic (exact) mass is 318 g/mol. The van der Waals surface area contributed by atoms with Gasteiger partial charge >= 0.3 is 0 Å². The average molecular weight is 318 g/mol. The fraction of sp³-hybridized carbons (Fsp3) is 0.150. The van der Waals surface area contributed by atoms with Crippen molar-refractivity contribution in [1.29, 1.82) is 0 Å². The van der Waals surface area contributed by atoms with Gasteiger partial charge in [-0.3, -0.25) is 0 Å². The standard InChI is InChI=1S/C20H16NOS/c1-11-8-13-4-6-21(3)19-17-12(2)20-14(5-7-23-20)10-16(17)22-15(9-11)18(13)19/h4-10H,1-3H3/q+1. The number of pyridine rings is 1. The molecule has 0 N–H and O–H groups in total. The summed E-state index contributed by atoms with van der Waals surface area (Å²) in [6, 6.07) is 10.9. The Morgan fingerprint density at radius 2 is 1.87 bits per heavy atom. The largest absolute Gasteiger partial charge is 0.456 e. The van der Waals surface area contributed by atoms with Gasteiger partial charge in [0.15, 0.2) is 6.20 Å². The summed E-state index contributed by atoms with van der Waals surface area (Å²) in [6.07, 6.45) is 2.15. The molecule has 1 aliphatic heterocycles. The fourth-order valence-electron chi connectivity index (χ4n) is 3.73. The molecule has 0 fully saturated rings. The van der Waals surface area contributed by atoms with Crippen LogP contribution in [0, 0.1) is 13.8 Å². The van der Waals surface area contributed by atoms with Crippen LogP contribution in [0.15, 0.2) is 41.9 Å². The van der Waals surface area contributed by atoms with Crippen LogP contribution in [-0.4, -0.2) is 0 Å². The first-order chi connectivity index (χ1) is 11.1. The summed E-state index contributed by atoms with van der Waals surface area (Å²) in [5.41, 5.74) is 5.02. The molecule has 0 aliphatic carbocycles. The molecule has 0 amide bonds. The smallest absolute Gasteiger partial charge is 0.228 e. The van der Waals surface area contributed by atoms with Crippen molar-refractivity contribution >= 4 is 32.2 Å². The van der Waals surface area contributed by atoms with E-state index in [0.717, 1.165) is 11.5 Å². The lowest BCUT2D eigenvalue weighted by Gasteiger charge is -2.21. The molecule has 4 aromatic rings. The van der Waals surface area contributed by atoms with Crippen LogP contribution >= 0.6 is 11.3 Å². The average Bonchev–Trinajstić information content (AvgIpc) is 2.98. The summed E-state index contributed by atoms with van der Waals surface area (Å²) >= 11 is 1.80. The molecule has 0 spiro atoms. The Kier molecular flexibility index (Phi) is 2.46. The molecule has 5 rings (SSSR count). The highest BCUT2D eigenvalue weighted by Crippen LogP contribution is 2.49. The number of thiophene rings is 1. The van der Waals surface area contributed by atoms with Crippen LogP contribution in [-0.2, 0) is 7.05 Å². The van der Waals surface area contributed by atoms with Crippen LogP contribution < -0.4 is 9.30 Å². The fourth-order valence-corrected chi connectivity index (χ4v) is 4.63. The Morgan fingerprint density at radius 3 is 2.74 bits per heavy atom. The SMILES string of the molecule is Cc1cc2c3c([n+](C)ccc3c1)-c1c(cc3ccsc3c1C)O2. The van der Waals surface area contributed by atoms with Gasteiger partial charge in [0.25, 0.3) is 0 Å². The van der Waals surface area contributed by atoms with Crippen molar-refractivity contribution in [3.8, 4) is 22.8 Å². The first-order valence-corrected chi connectivity index (χ1v) is 8.63. The number of ether oxygens (including phenoxy) is 1. The molecule has 0 unspecified atom stereocenters. The zero-order chi connectivity index (χ0) is 15.7. The molecular weight excluding hydrogens is 302 g/mol. The molecule has 0 saturated carbocycles. The minimum absolute atomic E-state index is 0.965. The first-order valence-electron chi connectivity index (χ1n) is 7.75. The second kappa shape index (κ2) is 4.33. The van der Waals surface area contributed by atoms with Gasteiger partial charge in [-0.2, -0.15) is 0 Å². The van der Waals surface area contributed by atoms with E-state index in [-0.39, 0.29) is 0 Å². The van der Waals surface area contributed by atoms with Gasteiger partial charge < -0.3 is 4.74 Å². The molecular formula is C20H16NOS+. The van der Waals surface area contributed by atoms with E-state index < -0.39 is 0 Å². The van der Waals surface area contributed by atoms with Gasteiger partial charge in [0.2, 0.25) is 5.69 Å². The highest BCUT2D eigenvalue weighted by molar-refractivity contribution is 7.17. The van der Waals surface area contributed by atoms with Crippen molar-refractivity contribution in [2.45, 2.75) is 13.8 Å². The second-order valence-corrected chi connectivity index (χ2v) is 7.23. The summed E-state index contributed by atoms with van der Waals surface area (Å²) in [7, 11) is 2.12. The maximum atomic E-state index is 6.33. The van der Waals surface area contributed by atoms with E-state index in [1.807, 2.05) is 0 Å². The van der Waals surface area contributed by atoms with E-state index in [1.54, 1.807) is 11.3 Å². The van der Waals surface area contributed by atoms with Crippen LogP contribution in [0.5, 0.6) is 11.5 Å². The predicted octanol–water partition coefficient (Wildman–Crippen LogP) is 5.27. The highest BCUT2D eigenvalue weighted by Gasteiger charge is 2.30. The van der Waals surface area contributed by atoms with E-state index in [0.29, 0.717) is 0 Å². The molecule has 2 aromatic carbocycles. The number of rotatable bonds is 0. The van der Waals surface area contributed by atoms with Crippen molar-refractivity contribution in [2.75, 3.05) is 0 Å². The number of hydrogen-bond donors (Lipinski definition) is 0. The van der Waals surface area contributed by atoms with Crippen LogP contribution in [0.1, 0.15) is 11.1 Å². The van der Waals surface area contributed by atoms with Crippen molar-refractivity contribution in [1.82, 2.24) is 0 Å². The van der Waals surface area contributed by atoms with E-state index in [1.165, 1.54) is 43.2 Å². The molecule has 1 aliphatic rings. The Morgan fingerprint density at radius 1 is 1.00 bits per heavy atom. The van der Waals surface area contributed by atoms with Crippen LogP contribution in [0.3, 0.4) is 0 Å². The number of benzene rings is 2. The lowest BCUT2D eigenvalue weighted by Crippen LogP contribution is -2.31. The van der Waals surface area contributed by atoms with E-state index in [4.69, 9.17) is 4.74 Å². The maximum Gasteiger partial charge on any atom is 0.228 e. The quantitative estimate of drug-likeness (QED) is 0.355. The summed E-state index contributed by atoms with van der Waals surface area (Å²) in [5, 5.41) is 5.87. The van der Waals surface area contributed by atoms with Crippen LogP contribution in [0.25, 0.3) is 32.1 Å². The minimum Gasteiger partial charge on any atom is -0.456 e. The van der Waals surface area contributed by atoms with Gasteiger partial charge in [-0.1, -0.05) is 6.07 Å². The summed E-state index contributed by atoms with van der Waals surface area (Å²) in [6.45, 7) is 4.33. The lowest BCUT2D eigenvalue weighted by molar-refractivity contribution is -0.659. The van der Waals surface area contributed by atoms with Crippen molar-refractivity contribution in [3.05, 3.63) is 53.0 Å². The molecule has 0 radical (unpaired) electrons. The van der Waals surface area contributed by atoms with Gasteiger partial charge in [-0.25, -0.2) is 4.57 Å². The number of aromatic nitrogens is 1. The Hall–Kier alpha value is -2.39. The number of hydrogen-bond acceptors (Lipinski definition) is 2. The van der Waals surface area contributed by atoms with Crippen molar-refractivity contribution in [3.63, 3.8) is 0 Å². The molecule has 3 heterocycles. The Labute approximate surface area is 138 Å². The van der Waals surface area contributed by atoms with E-state index in [2.05, 4.69) is 67.4 Å². The van der Waals surface area contributed by atoms with Gasteiger partial charge in [-0.15, -0.1) is 11.3 Å². The Balaban J connectivity index is 2.02. The highest BCUT2D eigenvalue weighted by atomic mass is 32.1. The second-order valence-electron chi connectivity index (χ2n) is 6.32. The van der Waals surface area contributed by atoms with Gasteiger partial charge in [0.1, 0.15) is 18.5 Å². The number of nitrogens with zero attached hydrogens (tertiary/aromatic N) is 1. The van der Waals surface area contributed by atoms with Crippen LogP contribution in [0.2, 0.25) is 0 Å². The summed E-state index contributed by atoms with van der Waals surface area (Å²) in [4.78, 5) is 0. The molecule has 0 saturated heterocycles. The van der Waals surface area contributed by atoms with Gasteiger partial charge in [-0.05, 0) is 59.3 Å². The molecule has 2 aromatic heterocycles. The number of fused-ring (bicyclic) bond motifs is 3. The first kappa shape index (κ1) is 13.1. The third-order valence-corrected chi connectivity index (χ3v) is 5.79. The molecule has 112 valence electrons. The normalized spacial score (nSPS) is 12.5. The Bertz CT molecular complexity index is 1120. The minimum atomic E-state index is 0.965. The summed E-state index contributed by atoms with van der Waals surface area (Å²) in [5.74, 6) is 1.93. The van der Waals surface area contributed by atoms with E-state index in [9.17, 15) is 0 Å². The zero-order valence-electron chi connectivity index (χ0n) is 13.3. The van der Waals surface area contributed by atoms with Crippen molar-refractivity contribution < 1.29 is 9.30 Å². The maximum absolute atomic E-state index is 6.33. The molecule has 23 heavy (non-hydrogen) atoms. The van der Waals surface area contributed by atoms with Crippen molar-refractivity contribution in [2.24, 2.45) is 7.05 Å². The zero-order valence-corrected chi connectivity index (χ0v) is 14.1. The van der Waals surface area contributed by atoms with Crippen LogP contribution in [0.4, 0.5) is 0 Å². The molecule has 3 heteroatoms.